The van der Waals surface area contributed by atoms with Gasteiger partial charge < -0.3 is 14.5 Å². The molecule has 0 spiro atoms. The van der Waals surface area contributed by atoms with E-state index < -0.39 is 0 Å². The normalized spacial score (nSPS) is 12.1. The standard InChI is InChI=1S/C18H15Cl2NO3/c1-11(16-9-12-5-2-3-8-15(12)24-16)21-17(22)10-23-18-13(19)6-4-7-14(18)20/h2-9,11H,10H2,1H3,(H,21,22)/t11-/m0/s1. The van der Waals surface area contributed by atoms with Gasteiger partial charge in [-0.15, -0.1) is 0 Å². The van der Waals surface area contributed by atoms with Crippen LogP contribution in [0.25, 0.3) is 11.0 Å². The number of furan rings is 1. The van der Waals surface area contributed by atoms with E-state index in [2.05, 4.69) is 5.32 Å². The molecule has 0 aliphatic heterocycles. The van der Waals surface area contributed by atoms with Gasteiger partial charge in [-0.2, -0.15) is 0 Å². The van der Waals surface area contributed by atoms with Crippen molar-refractivity contribution in [3.8, 4) is 5.75 Å². The Hall–Kier alpha value is -2.17. The lowest BCUT2D eigenvalue weighted by atomic mass is 10.2. The molecular weight excluding hydrogens is 349 g/mol. The van der Waals surface area contributed by atoms with Crippen LogP contribution in [0.2, 0.25) is 10.0 Å². The largest absolute Gasteiger partial charge is 0.481 e. The average molecular weight is 364 g/mol. The maximum Gasteiger partial charge on any atom is 0.258 e. The highest BCUT2D eigenvalue weighted by atomic mass is 35.5. The number of benzene rings is 2. The van der Waals surface area contributed by atoms with Crippen molar-refractivity contribution in [2.75, 3.05) is 6.61 Å². The SMILES string of the molecule is C[C@H](NC(=O)COc1c(Cl)cccc1Cl)c1cc2ccccc2o1. The van der Waals surface area contributed by atoms with E-state index in [1.165, 1.54) is 0 Å². The Bertz CT molecular complexity index is 822. The Kier molecular flexibility index (Phi) is 4.97. The molecule has 0 saturated carbocycles. The van der Waals surface area contributed by atoms with Crippen LogP contribution in [0, 0.1) is 0 Å². The fourth-order valence-electron chi connectivity index (χ4n) is 2.33. The summed E-state index contributed by atoms with van der Waals surface area (Å²) in [4.78, 5) is 12.1. The van der Waals surface area contributed by atoms with E-state index in [-0.39, 0.29) is 18.6 Å². The summed E-state index contributed by atoms with van der Waals surface area (Å²) >= 11 is 12.0. The Balaban J connectivity index is 1.62. The van der Waals surface area contributed by atoms with Crippen molar-refractivity contribution in [1.29, 1.82) is 0 Å². The van der Waals surface area contributed by atoms with Crippen molar-refractivity contribution in [2.45, 2.75) is 13.0 Å². The van der Waals surface area contributed by atoms with Crippen LogP contribution in [0.1, 0.15) is 18.7 Å². The van der Waals surface area contributed by atoms with Gasteiger partial charge in [-0.1, -0.05) is 47.5 Å². The molecule has 24 heavy (non-hydrogen) atoms. The summed E-state index contributed by atoms with van der Waals surface area (Å²) in [6.45, 7) is 1.66. The van der Waals surface area contributed by atoms with Gasteiger partial charge in [0.1, 0.15) is 11.3 Å². The molecule has 1 atom stereocenters. The predicted molar refractivity (Wildman–Crippen MR) is 94.7 cm³/mol. The summed E-state index contributed by atoms with van der Waals surface area (Å²) in [6.07, 6.45) is 0. The first-order valence-electron chi connectivity index (χ1n) is 7.39. The Morgan fingerprint density at radius 2 is 1.88 bits per heavy atom. The molecule has 0 unspecified atom stereocenters. The van der Waals surface area contributed by atoms with E-state index in [0.29, 0.717) is 21.6 Å². The molecule has 4 nitrogen and oxygen atoms in total. The van der Waals surface area contributed by atoms with Gasteiger partial charge in [-0.3, -0.25) is 4.79 Å². The van der Waals surface area contributed by atoms with Crippen LogP contribution in [0.3, 0.4) is 0 Å². The molecule has 6 heteroatoms. The molecule has 3 rings (SSSR count). The van der Waals surface area contributed by atoms with Gasteiger partial charge in [-0.05, 0) is 31.2 Å². The van der Waals surface area contributed by atoms with Crippen molar-refractivity contribution >= 4 is 40.1 Å². The van der Waals surface area contributed by atoms with E-state index in [1.807, 2.05) is 37.3 Å². The minimum absolute atomic E-state index is 0.186. The molecule has 2 aromatic carbocycles. The fourth-order valence-corrected chi connectivity index (χ4v) is 2.83. The van der Waals surface area contributed by atoms with Crippen LogP contribution in [0.15, 0.2) is 52.9 Å². The van der Waals surface area contributed by atoms with Crippen LogP contribution in [-0.4, -0.2) is 12.5 Å². The smallest absolute Gasteiger partial charge is 0.258 e. The van der Waals surface area contributed by atoms with Crippen LogP contribution in [0.4, 0.5) is 0 Å². The summed E-state index contributed by atoms with van der Waals surface area (Å²) in [5.74, 6) is 0.687. The van der Waals surface area contributed by atoms with Crippen molar-refractivity contribution in [3.05, 3.63) is 64.3 Å². The lowest BCUT2D eigenvalue weighted by Crippen LogP contribution is -2.31. The number of amides is 1. The summed E-state index contributed by atoms with van der Waals surface area (Å²) in [7, 11) is 0. The summed E-state index contributed by atoms with van der Waals surface area (Å²) < 4.78 is 11.2. The second-order valence-corrected chi connectivity index (χ2v) is 6.13. The van der Waals surface area contributed by atoms with Crippen molar-refractivity contribution in [2.24, 2.45) is 0 Å². The molecular formula is C18H15Cl2NO3. The molecule has 124 valence electrons. The fraction of sp³-hybridized carbons (Fsp3) is 0.167. The molecule has 0 radical (unpaired) electrons. The van der Waals surface area contributed by atoms with Crippen LogP contribution >= 0.6 is 23.2 Å². The average Bonchev–Trinajstić information content (AvgIpc) is 2.98. The monoisotopic (exact) mass is 363 g/mol. The molecule has 1 amide bonds. The molecule has 0 aliphatic carbocycles. The molecule has 0 bridgehead atoms. The van der Waals surface area contributed by atoms with Gasteiger partial charge in [-0.25, -0.2) is 0 Å². The van der Waals surface area contributed by atoms with Gasteiger partial charge >= 0.3 is 0 Å². The zero-order chi connectivity index (χ0) is 17.1. The number of fused-ring (bicyclic) bond motifs is 1. The van der Waals surface area contributed by atoms with Gasteiger partial charge in [0.2, 0.25) is 0 Å². The number of hydrogen-bond acceptors (Lipinski definition) is 3. The second-order valence-electron chi connectivity index (χ2n) is 5.32. The lowest BCUT2D eigenvalue weighted by Gasteiger charge is -2.13. The van der Waals surface area contributed by atoms with Gasteiger partial charge in [0.05, 0.1) is 16.1 Å². The molecule has 0 fully saturated rings. The number of ether oxygens (including phenoxy) is 1. The highest BCUT2D eigenvalue weighted by Gasteiger charge is 2.15. The van der Waals surface area contributed by atoms with E-state index in [4.69, 9.17) is 32.4 Å². The van der Waals surface area contributed by atoms with E-state index in [0.717, 1.165) is 11.0 Å². The zero-order valence-corrected chi connectivity index (χ0v) is 14.4. The maximum atomic E-state index is 12.1. The van der Waals surface area contributed by atoms with E-state index >= 15 is 0 Å². The minimum atomic E-state index is -0.293. The summed E-state index contributed by atoms with van der Waals surface area (Å²) in [5.41, 5.74) is 0.785. The first kappa shape index (κ1) is 16.7. The van der Waals surface area contributed by atoms with E-state index in [1.54, 1.807) is 18.2 Å². The highest BCUT2D eigenvalue weighted by molar-refractivity contribution is 6.37. The highest BCUT2D eigenvalue weighted by Crippen LogP contribution is 2.32. The number of nitrogens with one attached hydrogen (secondary N) is 1. The van der Waals surface area contributed by atoms with E-state index in [9.17, 15) is 4.79 Å². The van der Waals surface area contributed by atoms with Gasteiger partial charge in [0.25, 0.3) is 5.91 Å². The Labute approximate surface area is 149 Å². The molecule has 3 aromatic rings. The quantitative estimate of drug-likeness (QED) is 0.694. The number of carbonyl (C=O) groups excluding carboxylic acids is 1. The molecule has 0 saturated heterocycles. The molecule has 1 aromatic heterocycles. The number of hydrogen-bond donors (Lipinski definition) is 1. The Morgan fingerprint density at radius 3 is 2.58 bits per heavy atom. The number of carbonyl (C=O) groups is 1. The second kappa shape index (κ2) is 7.16. The summed E-state index contributed by atoms with van der Waals surface area (Å²) in [6, 6.07) is 14.3. The maximum absolute atomic E-state index is 12.1. The zero-order valence-electron chi connectivity index (χ0n) is 12.9. The van der Waals surface area contributed by atoms with Crippen LogP contribution in [-0.2, 0) is 4.79 Å². The predicted octanol–water partition coefficient (Wildman–Crippen LogP) is 5.00. The third-order valence-corrected chi connectivity index (χ3v) is 4.11. The topological polar surface area (TPSA) is 51.5 Å². The third kappa shape index (κ3) is 3.66. The van der Waals surface area contributed by atoms with Crippen molar-refractivity contribution < 1.29 is 13.9 Å². The molecule has 1 N–H and O–H groups in total. The number of rotatable bonds is 5. The number of para-hydroxylation sites is 2. The third-order valence-electron chi connectivity index (χ3n) is 3.52. The van der Waals surface area contributed by atoms with Gasteiger partial charge in [0, 0.05) is 5.39 Å². The van der Waals surface area contributed by atoms with Gasteiger partial charge in [0.15, 0.2) is 12.4 Å². The van der Waals surface area contributed by atoms with Crippen molar-refractivity contribution in [3.63, 3.8) is 0 Å². The Morgan fingerprint density at radius 1 is 1.17 bits per heavy atom. The minimum Gasteiger partial charge on any atom is -0.481 e. The first-order chi connectivity index (χ1) is 11.5. The van der Waals surface area contributed by atoms with Crippen molar-refractivity contribution in [1.82, 2.24) is 5.32 Å². The lowest BCUT2D eigenvalue weighted by molar-refractivity contribution is -0.123. The number of halogens is 2. The first-order valence-corrected chi connectivity index (χ1v) is 8.15. The summed E-state index contributed by atoms with van der Waals surface area (Å²) in [5, 5.41) is 4.54. The molecule has 0 aliphatic rings. The van der Waals surface area contributed by atoms with Crippen LogP contribution in [0.5, 0.6) is 5.75 Å². The molecule has 1 heterocycles. The van der Waals surface area contributed by atoms with Crippen LogP contribution < -0.4 is 10.1 Å².